The molecule has 0 aromatic rings. The van der Waals surface area contributed by atoms with Crippen LogP contribution in [0.1, 0.15) is 13.3 Å². The lowest BCUT2D eigenvalue weighted by Gasteiger charge is -2.26. The van der Waals surface area contributed by atoms with E-state index >= 15 is 0 Å². The number of carbonyl (C=O) groups is 2. The molecule has 56 valence electrons. The first-order chi connectivity index (χ1) is 4.61. The van der Waals surface area contributed by atoms with Crippen molar-refractivity contribution in [2.45, 2.75) is 13.3 Å². The first-order valence-corrected chi connectivity index (χ1v) is 3.18. The minimum Gasteiger partial charge on any atom is -0.273 e. The zero-order chi connectivity index (χ0) is 7.72. The standard InChI is InChI=1S/C6H10N2O2/c1-4-3-5(9)8(2)7-6(4)10/h4H,3H2,1-2H3,(H,7,10). The van der Waals surface area contributed by atoms with Crippen molar-refractivity contribution in [3.05, 3.63) is 0 Å². The molecule has 0 aliphatic carbocycles. The molecule has 1 unspecified atom stereocenters. The van der Waals surface area contributed by atoms with Crippen molar-refractivity contribution in [3.63, 3.8) is 0 Å². The molecule has 4 heteroatoms. The normalized spacial score (nSPS) is 26.6. The maximum atomic E-state index is 10.9. The van der Waals surface area contributed by atoms with Gasteiger partial charge in [0, 0.05) is 19.4 Å². The molecule has 1 aliphatic heterocycles. The third-order valence-electron chi connectivity index (χ3n) is 1.58. The van der Waals surface area contributed by atoms with Crippen LogP contribution in [0.3, 0.4) is 0 Å². The van der Waals surface area contributed by atoms with Crippen molar-refractivity contribution in [1.29, 1.82) is 0 Å². The van der Waals surface area contributed by atoms with Crippen LogP contribution in [0.25, 0.3) is 0 Å². The number of nitrogens with zero attached hydrogens (tertiary/aromatic N) is 1. The van der Waals surface area contributed by atoms with Crippen molar-refractivity contribution in [2.24, 2.45) is 5.92 Å². The van der Waals surface area contributed by atoms with Crippen molar-refractivity contribution < 1.29 is 9.59 Å². The van der Waals surface area contributed by atoms with E-state index in [1.807, 2.05) is 0 Å². The van der Waals surface area contributed by atoms with Gasteiger partial charge in [-0.3, -0.25) is 20.0 Å². The van der Waals surface area contributed by atoms with Crippen molar-refractivity contribution >= 4 is 11.8 Å². The van der Waals surface area contributed by atoms with Crippen molar-refractivity contribution in [3.8, 4) is 0 Å². The summed E-state index contributed by atoms with van der Waals surface area (Å²) in [6.07, 6.45) is 0.322. The van der Waals surface area contributed by atoms with Crippen LogP contribution in [0.2, 0.25) is 0 Å². The number of nitrogens with one attached hydrogen (secondary N) is 1. The van der Waals surface area contributed by atoms with E-state index in [0.717, 1.165) is 0 Å². The Balaban J connectivity index is 2.63. The minimum absolute atomic E-state index is 0.0351. The molecule has 1 rings (SSSR count). The van der Waals surface area contributed by atoms with Gasteiger partial charge < -0.3 is 0 Å². The Hall–Kier alpha value is -1.06. The molecule has 1 N–H and O–H groups in total. The lowest BCUT2D eigenvalue weighted by molar-refractivity contribution is -0.148. The molecule has 0 radical (unpaired) electrons. The highest BCUT2D eigenvalue weighted by Crippen LogP contribution is 2.08. The molecular weight excluding hydrogens is 132 g/mol. The third-order valence-corrected chi connectivity index (χ3v) is 1.58. The van der Waals surface area contributed by atoms with E-state index in [0.29, 0.717) is 6.42 Å². The molecular formula is C6H10N2O2. The summed E-state index contributed by atoms with van der Waals surface area (Å²) in [6, 6.07) is 0. The van der Waals surface area contributed by atoms with Crippen LogP contribution in [0.5, 0.6) is 0 Å². The van der Waals surface area contributed by atoms with E-state index in [1.54, 1.807) is 14.0 Å². The summed E-state index contributed by atoms with van der Waals surface area (Å²) in [5.41, 5.74) is 2.42. The van der Waals surface area contributed by atoms with Crippen LogP contribution in [-0.4, -0.2) is 23.9 Å². The van der Waals surface area contributed by atoms with Gasteiger partial charge in [-0.15, -0.1) is 0 Å². The molecule has 10 heavy (non-hydrogen) atoms. The number of rotatable bonds is 0. The molecule has 1 fully saturated rings. The fourth-order valence-corrected chi connectivity index (χ4v) is 0.829. The van der Waals surface area contributed by atoms with Crippen LogP contribution in [0, 0.1) is 5.92 Å². The lowest BCUT2D eigenvalue weighted by atomic mass is 10.1. The average Bonchev–Trinajstić information content (AvgIpc) is 1.84. The maximum absolute atomic E-state index is 10.9. The fourth-order valence-electron chi connectivity index (χ4n) is 0.829. The van der Waals surface area contributed by atoms with Crippen molar-refractivity contribution in [2.75, 3.05) is 7.05 Å². The van der Waals surface area contributed by atoms with E-state index in [2.05, 4.69) is 5.43 Å². The molecule has 1 heterocycles. The highest BCUT2D eigenvalue weighted by molar-refractivity contribution is 5.90. The number of amides is 2. The smallest absolute Gasteiger partial charge is 0.241 e. The number of carbonyl (C=O) groups excluding carboxylic acids is 2. The molecule has 0 aromatic heterocycles. The molecule has 0 spiro atoms. The molecule has 1 aliphatic rings. The number of hydrogen-bond acceptors (Lipinski definition) is 2. The summed E-state index contributed by atoms with van der Waals surface area (Å²) in [5, 5.41) is 1.22. The highest BCUT2D eigenvalue weighted by Gasteiger charge is 2.26. The molecule has 4 nitrogen and oxygen atoms in total. The number of hydrazine groups is 1. The Kier molecular flexibility index (Phi) is 1.61. The second kappa shape index (κ2) is 2.28. The Labute approximate surface area is 59.2 Å². The highest BCUT2D eigenvalue weighted by atomic mass is 16.2. The summed E-state index contributed by atoms with van der Waals surface area (Å²) in [4.78, 5) is 21.7. The molecule has 0 saturated carbocycles. The Morgan fingerprint density at radius 2 is 2.20 bits per heavy atom. The van der Waals surface area contributed by atoms with Gasteiger partial charge in [-0.05, 0) is 0 Å². The van der Waals surface area contributed by atoms with Gasteiger partial charge >= 0.3 is 0 Å². The lowest BCUT2D eigenvalue weighted by Crippen LogP contribution is -2.51. The maximum Gasteiger partial charge on any atom is 0.241 e. The van der Waals surface area contributed by atoms with Crippen LogP contribution < -0.4 is 5.43 Å². The molecule has 1 saturated heterocycles. The van der Waals surface area contributed by atoms with Gasteiger partial charge in [-0.25, -0.2) is 0 Å². The van der Waals surface area contributed by atoms with Gasteiger partial charge in [0.1, 0.15) is 0 Å². The number of hydrogen-bond donors (Lipinski definition) is 1. The zero-order valence-electron chi connectivity index (χ0n) is 6.05. The summed E-state index contributed by atoms with van der Waals surface area (Å²) in [5.74, 6) is -0.294. The minimum atomic E-state index is -0.177. The van der Waals surface area contributed by atoms with Gasteiger partial charge in [0.05, 0.1) is 0 Å². The van der Waals surface area contributed by atoms with Gasteiger partial charge in [0.25, 0.3) is 0 Å². The van der Waals surface area contributed by atoms with E-state index in [9.17, 15) is 9.59 Å². The fraction of sp³-hybridized carbons (Fsp3) is 0.667. The topological polar surface area (TPSA) is 49.4 Å². The van der Waals surface area contributed by atoms with Crippen molar-refractivity contribution in [1.82, 2.24) is 10.4 Å². The van der Waals surface area contributed by atoms with Crippen LogP contribution in [0.15, 0.2) is 0 Å². The zero-order valence-corrected chi connectivity index (χ0v) is 6.05. The second-order valence-corrected chi connectivity index (χ2v) is 2.53. The van der Waals surface area contributed by atoms with Crippen LogP contribution in [0.4, 0.5) is 0 Å². The van der Waals surface area contributed by atoms with E-state index in [1.165, 1.54) is 5.01 Å². The molecule has 2 amide bonds. The molecule has 0 bridgehead atoms. The third kappa shape index (κ3) is 1.10. The monoisotopic (exact) mass is 142 g/mol. The largest absolute Gasteiger partial charge is 0.273 e. The molecule has 1 atom stereocenters. The van der Waals surface area contributed by atoms with Gasteiger partial charge in [0.2, 0.25) is 11.8 Å². The van der Waals surface area contributed by atoms with Crippen LogP contribution in [-0.2, 0) is 9.59 Å². The van der Waals surface area contributed by atoms with E-state index < -0.39 is 0 Å². The van der Waals surface area contributed by atoms with E-state index in [-0.39, 0.29) is 17.7 Å². The Bertz CT molecular complexity index is 159. The summed E-state index contributed by atoms with van der Waals surface area (Å²) < 4.78 is 0. The quantitative estimate of drug-likeness (QED) is 0.496. The van der Waals surface area contributed by atoms with Gasteiger partial charge in [-0.1, -0.05) is 6.92 Å². The van der Waals surface area contributed by atoms with E-state index in [4.69, 9.17) is 0 Å². The Morgan fingerprint density at radius 1 is 1.60 bits per heavy atom. The summed E-state index contributed by atoms with van der Waals surface area (Å²) in [6.45, 7) is 1.74. The predicted octanol–water partition coefficient (Wildman–Crippen LogP) is -0.484. The second-order valence-electron chi connectivity index (χ2n) is 2.53. The van der Waals surface area contributed by atoms with Gasteiger partial charge in [-0.2, -0.15) is 0 Å². The van der Waals surface area contributed by atoms with Gasteiger partial charge in [0.15, 0.2) is 0 Å². The molecule has 0 aromatic carbocycles. The Morgan fingerprint density at radius 3 is 2.70 bits per heavy atom. The SMILES string of the molecule is CC1CC(=O)N(C)NC1=O. The summed E-state index contributed by atoms with van der Waals surface area (Å²) >= 11 is 0. The predicted molar refractivity (Wildman–Crippen MR) is 34.7 cm³/mol. The first-order valence-electron chi connectivity index (χ1n) is 3.18. The first kappa shape index (κ1) is 7.05. The summed E-state index contributed by atoms with van der Waals surface area (Å²) in [7, 11) is 1.55. The van der Waals surface area contributed by atoms with Crippen LogP contribution >= 0.6 is 0 Å². The average molecular weight is 142 g/mol.